The number of halogens is 6. The molecule has 0 aliphatic carbocycles. The smallest absolute Gasteiger partial charge is 0.402 e. The highest BCUT2D eigenvalue weighted by molar-refractivity contribution is 5.48. The Labute approximate surface area is 98.1 Å². The third-order valence-electron chi connectivity index (χ3n) is 1.83. The van der Waals surface area contributed by atoms with Crippen LogP contribution in [0, 0.1) is 13.8 Å². The molecule has 1 aromatic carbocycles. The molecule has 0 saturated carbocycles. The molecule has 0 aliphatic rings. The SMILES string of the molecule is Cc1cc(C)c(OC(F)(F)F)c(OC(F)(F)F)c1. The molecule has 1 rings (SSSR count). The van der Waals surface area contributed by atoms with Gasteiger partial charge in [-0.05, 0) is 31.0 Å². The van der Waals surface area contributed by atoms with E-state index in [-0.39, 0.29) is 5.56 Å². The third kappa shape index (κ3) is 4.34. The maximum atomic E-state index is 12.1. The minimum absolute atomic E-state index is 0.105. The minimum atomic E-state index is -5.09. The summed E-state index contributed by atoms with van der Waals surface area (Å²) in [5.41, 5.74) is 0.216. The molecule has 0 N–H and O–H groups in total. The van der Waals surface area contributed by atoms with Crippen LogP contribution in [0.15, 0.2) is 12.1 Å². The first-order valence-corrected chi connectivity index (χ1v) is 4.61. The molecule has 8 heteroatoms. The topological polar surface area (TPSA) is 18.5 Å². The number of ether oxygens (including phenoxy) is 2. The number of hydrogen-bond acceptors (Lipinski definition) is 2. The van der Waals surface area contributed by atoms with Gasteiger partial charge in [-0.25, -0.2) is 0 Å². The fraction of sp³-hybridized carbons (Fsp3) is 0.400. The molecule has 18 heavy (non-hydrogen) atoms. The monoisotopic (exact) mass is 274 g/mol. The Morgan fingerprint density at radius 2 is 1.33 bits per heavy atom. The number of rotatable bonds is 2. The molecule has 0 heterocycles. The van der Waals surface area contributed by atoms with E-state index < -0.39 is 24.2 Å². The van der Waals surface area contributed by atoms with Crippen molar-refractivity contribution in [1.29, 1.82) is 0 Å². The van der Waals surface area contributed by atoms with Crippen molar-refractivity contribution in [3.8, 4) is 11.5 Å². The molecule has 0 bridgehead atoms. The van der Waals surface area contributed by atoms with Gasteiger partial charge in [0.25, 0.3) is 0 Å². The fourth-order valence-corrected chi connectivity index (χ4v) is 1.36. The molecule has 1 aromatic rings. The van der Waals surface area contributed by atoms with E-state index in [1.165, 1.54) is 19.9 Å². The maximum absolute atomic E-state index is 12.1. The summed E-state index contributed by atoms with van der Waals surface area (Å²) in [6.07, 6.45) is -10.2. The van der Waals surface area contributed by atoms with E-state index in [9.17, 15) is 26.3 Å². The van der Waals surface area contributed by atoms with Crippen LogP contribution in [0.2, 0.25) is 0 Å². The van der Waals surface area contributed by atoms with Crippen molar-refractivity contribution in [2.24, 2.45) is 0 Å². The van der Waals surface area contributed by atoms with Gasteiger partial charge in [-0.2, -0.15) is 0 Å². The van der Waals surface area contributed by atoms with Crippen molar-refractivity contribution < 1.29 is 35.8 Å². The molecule has 0 saturated heterocycles. The average molecular weight is 274 g/mol. The van der Waals surface area contributed by atoms with E-state index in [0.717, 1.165) is 6.07 Å². The van der Waals surface area contributed by atoms with Crippen molar-refractivity contribution in [2.45, 2.75) is 26.6 Å². The normalized spacial score (nSPS) is 12.4. The summed E-state index contributed by atoms with van der Waals surface area (Å²) < 4.78 is 79.5. The first kappa shape index (κ1) is 14.5. The first-order valence-electron chi connectivity index (χ1n) is 4.61. The molecule has 0 atom stereocenters. The molecular weight excluding hydrogens is 266 g/mol. The van der Waals surface area contributed by atoms with Crippen LogP contribution >= 0.6 is 0 Å². The van der Waals surface area contributed by atoms with Gasteiger partial charge in [0, 0.05) is 0 Å². The Kier molecular flexibility index (Phi) is 3.68. The van der Waals surface area contributed by atoms with Gasteiger partial charge in [-0.15, -0.1) is 26.3 Å². The second-order valence-corrected chi connectivity index (χ2v) is 3.50. The Balaban J connectivity index is 3.21. The zero-order valence-corrected chi connectivity index (χ0v) is 9.24. The van der Waals surface area contributed by atoms with Crippen LogP contribution in [0.25, 0.3) is 0 Å². The van der Waals surface area contributed by atoms with Crippen molar-refractivity contribution in [3.05, 3.63) is 23.3 Å². The van der Waals surface area contributed by atoms with Gasteiger partial charge < -0.3 is 9.47 Å². The van der Waals surface area contributed by atoms with Gasteiger partial charge in [-0.1, -0.05) is 6.07 Å². The standard InChI is InChI=1S/C10H8F6O2/c1-5-3-6(2)8(18-10(14,15)16)7(4-5)17-9(11,12)13/h3-4H,1-2H3. The van der Waals surface area contributed by atoms with Crippen LogP contribution in [-0.4, -0.2) is 12.7 Å². The van der Waals surface area contributed by atoms with Crippen molar-refractivity contribution >= 4 is 0 Å². The summed E-state index contributed by atoms with van der Waals surface area (Å²) in [5.74, 6) is -2.01. The van der Waals surface area contributed by atoms with Crippen molar-refractivity contribution in [2.75, 3.05) is 0 Å². The van der Waals surface area contributed by atoms with E-state index in [1.54, 1.807) is 0 Å². The largest absolute Gasteiger partial charge is 0.573 e. The van der Waals surface area contributed by atoms with Crippen LogP contribution in [-0.2, 0) is 0 Å². The highest BCUT2D eigenvalue weighted by atomic mass is 19.4. The highest BCUT2D eigenvalue weighted by Crippen LogP contribution is 2.38. The van der Waals surface area contributed by atoms with Crippen molar-refractivity contribution in [3.63, 3.8) is 0 Å². The van der Waals surface area contributed by atoms with Crippen LogP contribution in [0.4, 0.5) is 26.3 Å². The number of aryl methyl sites for hydroxylation is 2. The second-order valence-electron chi connectivity index (χ2n) is 3.50. The Morgan fingerprint density at radius 3 is 1.78 bits per heavy atom. The number of hydrogen-bond donors (Lipinski definition) is 0. The van der Waals surface area contributed by atoms with E-state index in [4.69, 9.17) is 0 Å². The van der Waals surface area contributed by atoms with Crippen LogP contribution < -0.4 is 9.47 Å². The molecule has 0 aromatic heterocycles. The van der Waals surface area contributed by atoms with Gasteiger partial charge in [0.1, 0.15) is 0 Å². The second kappa shape index (κ2) is 4.58. The van der Waals surface area contributed by atoms with E-state index in [1.807, 2.05) is 0 Å². The molecule has 0 spiro atoms. The van der Waals surface area contributed by atoms with Gasteiger partial charge >= 0.3 is 12.7 Å². The van der Waals surface area contributed by atoms with Crippen LogP contribution in [0.3, 0.4) is 0 Å². The zero-order valence-electron chi connectivity index (χ0n) is 9.24. The molecular formula is C10H8F6O2. The summed E-state index contributed by atoms with van der Waals surface area (Å²) in [6, 6.07) is 2.08. The average Bonchev–Trinajstić information content (AvgIpc) is 2.06. The highest BCUT2D eigenvalue weighted by Gasteiger charge is 2.37. The predicted octanol–water partition coefficient (Wildman–Crippen LogP) is 4.10. The fourth-order valence-electron chi connectivity index (χ4n) is 1.36. The van der Waals surface area contributed by atoms with Crippen LogP contribution in [0.1, 0.15) is 11.1 Å². The molecule has 2 nitrogen and oxygen atoms in total. The quantitative estimate of drug-likeness (QED) is 0.756. The van der Waals surface area contributed by atoms with Gasteiger partial charge in [0.15, 0.2) is 11.5 Å². The number of alkyl halides is 6. The lowest BCUT2D eigenvalue weighted by atomic mass is 10.1. The van der Waals surface area contributed by atoms with Gasteiger partial charge in [0.05, 0.1) is 0 Å². The molecule has 0 fully saturated rings. The summed E-state index contributed by atoms with van der Waals surface area (Å²) in [5, 5.41) is 0. The summed E-state index contributed by atoms with van der Waals surface area (Å²) in [4.78, 5) is 0. The predicted molar refractivity (Wildman–Crippen MR) is 49.3 cm³/mol. The van der Waals surface area contributed by atoms with E-state index >= 15 is 0 Å². The lowest BCUT2D eigenvalue weighted by Gasteiger charge is -2.17. The molecule has 0 unspecified atom stereocenters. The summed E-state index contributed by atoms with van der Waals surface area (Å²) in [6.45, 7) is 2.62. The molecule has 102 valence electrons. The zero-order chi connectivity index (χ0) is 14.1. The minimum Gasteiger partial charge on any atom is -0.402 e. The van der Waals surface area contributed by atoms with E-state index in [0.29, 0.717) is 5.56 Å². The Morgan fingerprint density at radius 1 is 0.833 bits per heavy atom. The lowest BCUT2D eigenvalue weighted by molar-refractivity contribution is -0.287. The van der Waals surface area contributed by atoms with Crippen LogP contribution in [0.5, 0.6) is 11.5 Å². The van der Waals surface area contributed by atoms with Crippen molar-refractivity contribution in [1.82, 2.24) is 0 Å². The molecule has 0 aliphatic heterocycles. The molecule has 0 amide bonds. The number of benzene rings is 1. The summed E-state index contributed by atoms with van der Waals surface area (Å²) in [7, 11) is 0. The van der Waals surface area contributed by atoms with Gasteiger partial charge in [-0.3, -0.25) is 0 Å². The summed E-state index contributed by atoms with van der Waals surface area (Å²) >= 11 is 0. The van der Waals surface area contributed by atoms with E-state index in [2.05, 4.69) is 9.47 Å². The Hall–Kier alpha value is -1.60. The van der Waals surface area contributed by atoms with Gasteiger partial charge in [0.2, 0.25) is 0 Å². The third-order valence-corrected chi connectivity index (χ3v) is 1.83. The lowest BCUT2D eigenvalue weighted by Crippen LogP contribution is -2.22. The maximum Gasteiger partial charge on any atom is 0.573 e. The Bertz CT molecular complexity index is 435. The molecule has 0 radical (unpaired) electrons. The first-order chi connectivity index (χ1) is 7.98.